The average molecular weight is 571 g/mol. The largest absolute Gasteiger partial charge is 0.359 e. The molecule has 8 rings (SSSR count). The highest BCUT2D eigenvalue weighted by molar-refractivity contribution is 5.20. The molecule has 0 aromatic carbocycles. The van der Waals surface area contributed by atoms with Crippen molar-refractivity contribution in [2.75, 3.05) is 52.4 Å². The lowest BCUT2D eigenvalue weighted by Gasteiger charge is -2.50. The summed E-state index contributed by atoms with van der Waals surface area (Å²) >= 11 is 0. The topological polar surface area (TPSA) is 79.8 Å². The summed E-state index contributed by atoms with van der Waals surface area (Å²) in [5, 5.41) is 4.18. The SMILES string of the molecule is Cc1cc([C@@H]2CCCN2CC2C3CN(CCN4CC5CC(C4)c4cccc(=O)n4C5)CC2c2cccc(=O)n2C3)on1. The molecular weight excluding hydrogens is 528 g/mol. The summed E-state index contributed by atoms with van der Waals surface area (Å²) in [5.74, 6) is 3.34. The first-order valence-electron chi connectivity index (χ1n) is 16.0. The van der Waals surface area contributed by atoms with Crippen molar-refractivity contribution in [1.82, 2.24) is 29.0 Å². The molecule has 0 N–H and O–H groups in total. The van der Waals surface area contributed by atoms with E-state index in [4.69, 9.17) is 4.52 Å². The van der Waals surface area contributed by atoms with Crippen molar-refractivity contribution in [2.24, 2.45) is 17.8 Å². The van der Waals surface area contributed by atoms with Crippen LogP contribution in [0.15, 0.2) is 56.6 Å². The Morgan fingerprint density at radius 2 is 1.64 bits per heavy atom. The fourth-order valence-corrected chi connectivity index (χ4v) is 9.18. The minimum Gasteiger partial charge on any atom is -0.359 e. The molecule has 8 heterocycles. The number of hydrogen-bond donors (Lipinski definition) is 0. The van der Waals surface area contributed by atoms with Gasteiger partial charge in [0.25, 0.3) is 11.1 Å². The molecule has 0 amide bonds. The Bertz CT molecular complexity index is 1580. The smallest absolute Gasteiger partial charge is 0.250 e. The van der Waals surface area contributed by atoms with E-state index >= 15 is 0 Å². The highest BCUT2D eigenvalue weighted by Gasteiger charge is 2.45. The van der Waals surface area contributed by atoms with E-state index in [-0.39, 0.29) is 11.1 Å². The molecular formula is C33H42N6O3. The van der Waals surface area contributed by atoms with E-state index in [1.54, 1.807) is 12.1 Å². The first kappa shape index (κ1) is 26.6. The van der Waals surface area contributed by atoms with E-state index in [0.29, 0.717) is 35.6 Å². The highest BCUT2D eigenvalue weighted by Crippen LogP contribution is 2.43. The molecule has 6 atom stereocenters. The van der Waals surface area contributed by atoms with Gasteiger partial charge in [-0.3, -0.25) is 14.5 Å². The molecule has 0 aliphatic carbocycles. The summed E-state index contributed by atoms with van der Waals surface area (Å²) in [7, 11) is 0. The Balaban J connectivity index is 0.981. The zero-order valence-electron chi connectivity index (χ0n) is 24.6. The van der Waals surface area contributed by atoms with E-state index in [9.17, 15) is 9.59 Å². The monoisotopic (exact) mass is 570 g/mol. The third-order valence-corrected chi connectivity index (χ3v) is 11.0. The van der Waals surface area contributed by atoms with Gasteiger partial charge in [0.2, 0.25) is 0 Å². The Morgan fingerprint density at radius 1 is 0.881 bits per heavy atom. The van der Waals surface area contributed by atoms with E-state index in [1.165, 1.54) is 24.2 Å². The molecule has 222 valence electrons. The number of likely N-dealkylation sites (tertiary alicyclic amines) is 3. The molecule has 3 aromatic rings. The predicted octanol–water partition coefficient (Wildman–Crippen LogP) is 2.91. The average Bonchev–Trinajstić information content (AvgIpc) is 3.62. The number of nitrogens with zero attached hydrogens (tertiary/aromatic N) is 6. The van der Waals surface area contributed by atoms with Gasteiger partial charge >= 0.3 is 0 Å². The van der Waals surface area contributed by atoms with Crippen LogP contribution in [0.4, 0.5) is 0 Å². The molecule has 0 spiro atoms. The summed E-state index contributed by atoms with van der Waals surface area (Å²) in [5.41, 5.74) is 3.69. The highest BCUT2D eigenvalue weighted by atomic mass is 16.5. The van der Waals surface area contributed by atoms with Gasteiger partial charge in [0.1, 0.15) is 0 Å². The van der Waals surface area contributed by atoms with Gasteiger partial charge < -0.3 is 23.5 Å². The molecule has 5 aliphatic rings. The second kappa shape index (κ2) is 10.6. The van der Waals surface area contributed by atoms with Gasteiger partial charge in [0.15, 0.2) is 5.76 Å². The zero-order valence-corrected chi connectivity index (χ0v) is 24.6. The summed E-state index contributed by atoms with van der Waals surface area (Å²) in [6, 6.07) is 14.1. The first-order valence-corrected chi connectivity index (χ1v) is 16.0. The number of fused-ring (bicyclic) bond motifs is 8. The zero-order chi connectivity index (χ0) is 28.4. The fourth-order valence-electron chi connectivity index (χ4n) is 9.18. The van der Waals surface area contributed by atoms with Crippen LogP contribution in [0.2, 0.25) is 0 Å². The second-order valence-corrected chi connectivity index (χ2v) is 13.7. The molecule has 3 saturated heterocycles. The molecule has 3 aromatic heterocycles. The first-order chi connectivity index (χ1) is 20.5. The molecule has 4 bridgehead atoms. The number of rotatable bonds is 6. The van der Waals surface area contributed by atoms with Gasteiger partial charge in [0.05, 0.1) is 11.7 Å². The van der Waals surface area contributed by atoms with Crippen molar-refractivity contribution in [1.29, 1.82) is 0 Å². The number of piperidine rings is 2. The number of pyridine rings is 2. The van der Waals surface area contributed by atoms with Crippen molar-refractivity contribution < 1.29 is 4.52 Å². The maximum absolute atomic E-state index is 12.9. The van der Waals surface area contributed by atoms with Gasteiger partial charge in [-0.1, -0.05) is 17.3 Å². The minimum atomic E-state index is 0.143. The van der Waals surface area contributed by atoms with Crippen LogP contribution < -0.4 is 11.1 Å². The van der Waals surface area contributed by atoms with Crippen LogP contribution in [0.25, 0.3) is 0 Å². The molecule has 0 saturated carbocycles. The third-order valence-electron chi connectivity index (χ3n) is 11.0. The lowest BCUT2D eigenvalue weighted by Crippen LogP contribution is -2.56. The summed E-state index contributed by atoms with van der Waals surface area (Å²) < 4.78 is 9.82. The molecule has 42 heavy (non-hydrogen) atoms. The van der Waals surface area contributed by atoms with Crippen molar-refractivity contribution in [2.45, 2.75) is 57.2 Å². The van der Waals surface area contributed by atoms with Crippen LogP contribution in [0.5, 0.6) is 0 Å². The summed E-state index contributed by atoms with van der Waals surface area (Å²) in [6.45, 7) is 12.1. The lowest BCUT2D eigenvalue weighted by molar-refractivity contribution is 0.0239. The number of aryl methyl sites for hydroxylation is 1. The van der Waals surface area contributed by atoms with Crippen LogP contribution in [0.1, 0.15) is 60.0 Å². The quantitative estimate of drug-likeness (QED) is 0.451. The number of aromatic nitrogens is 3. The van der Waals surface area contributed by atoms with Crippen molar-refractivity contribution in [3.8, 4) is 0 Å². The molecule has 5 aliphatic heterocycles. The summed E-state index contributed by atoms with van der Waals surface area (Å²) in [6.07, 6.45) is 3.51. The van der Waals surface area contributed by atoms with Gasteiger partial charge in [-0.05, 0) is 62.6 Å². The Kier molecular flexibility index (Phi) is 6.72. The molecule has 3 fully saturated rings. The Hall–Kier alpha value is -3.01. The van der Waals surface area contributed by atoms with Gasteiger partial charge in [0, 0.05) is 100 Å². The molecule has 9 heteroatoms. The molecule has 0 radical (unpaired) electrons. The number of hydrogen-bond acceptors (Lipinski definition) is 7. The maximum Gasteiger partial charge on any atom is 0.250 e. The van der Waals surface area contributed by atoms with Crippen LogP contribution in [0, 0.1) is 24.7 Å². The van der Waals surface area contributed by atoms with Crippen molar-refractivity contribution >= 4 is 0 Å². The van der Waals surface area contributed by atoms with Gasteiger partial charge in [-0.15, -0.1) is 0 Å². The fraction of sp³-hybridized carbons (Fsp3) is 0.606. The van der Waals surface area contributed by atoms with Crippen LogP contribution in [-0.2, 0) is 13.1 Å². The second-order valence-electron chi connectivity index (χ2n) is 13.7. The minimum absolute atomic E-state index is 0.143. The third kappa shape index (κ3) is 4.70. The summed E-state index contributed by atoms with van der Waals surface area (Å²) in [4.78, 5) is 33.3. The van der Waals surface area contributed by atoms with Crippen LogP contribution in [-0.4, -0.2) is 81.3 Å². The van der Waals surface area contributed by atoms with Gasteiger partial charge in [-0.25, -0.2) is 0 Å². The van der Waals surface area contributed by atoms with Gasteiger partial charge in [-0.2, -0.15) is 0 Å². The van der Waals surface area contributed by atoms with E-state index in [1.807, 2.05) is 23.6 Å². The molecule has 5 unspecified atom stereocenters. The van der Waals surface area contributed by atoms with E-state index in [0.717, 1.165) is 83.3 Å². The standard InChI is InChI=1S/C33H42N6O3/c1-22-13-31(42-34-22)30-7-4-10-37(30)21-26-25-18-36(20-27(26)29-6-3-9-33(41)39(29)19-25)12-11-35-15-23-14-24(17-35)28-5-2-8-32(40)38(28)16-23/h2-3,5-6,8-9,13,23-27,30H,4,7,10-12,14-21H2,1H3/t23?,24?,25?,26?,27?,30-/m0/s1. The van der Waals surface area contributed by atoms with Crippen molar-refractivity contribution in [3.63, 3.8) is 0 Å². The maximum atomic E-state index is 12.9. The Labute approximate surface area is 246 Å². The predicted molar refractivity (Wildman–Crippen MR) is 160 cm³/mol. The van der Waals surface area contributed by atoms with E-state index in [2.05, 4.69) is 42.6 Å². The normalized spacial score (nSPS) is 31.2. The van der Waals surface area contributed by atoms with Crippen molar-refractivity contribution in [3.05, 3.63) is 86.0 Å². The molecule has 9 nitrogen and oxygen atoms in total. The van der Waals surface area contributed by atoms with Crippen LogP contribution >= 0.6 is 0 Å². The van der Waals surface area contributed by atoms with Crippen LogP contribution in [0.3, 0.4) is 0 Å². The van der Waals surface area contributed by atoms with E-state index < -0.39 is 0 Å². The lowest BCUT2D eigenvalue weighted by atomic mass is 9.72. The Morgan fingerprint density at radius 3 is 2.43 bits per heavy atom.